The predicted octanol–water partition coefficient (Wildman–Crippen LogP) is 5.84. The maximum Gasteiger partial charge on any atom is 0.185 e. The molecular weight excluding hydrogens is 388 g/mol. The highest BCUT2D eigenvalue weighted by Gasteiger charge is 2.08. The van der Waals surface area contributed by atoms with Gasteiger partial charge in [-0.05, 0) is 66.6 Å². The van der Waals surface area contributed by atoms with Crippen molar-refractivity contribution < 1.29 is 19.4 Å². The fourth-order valence-electron chi connectivity index (χ4n) is 2.87. The van der Waals surface area contributed by atoms with Crippen LogP contribution in [0.2, 0.25) is 5.02 Å². The third-order valence-corrected chi connectivity index (χ3v) is 4.62. The molecule has 0 fully saturated rings. The van der Waals surface area contributed by atoms with E-state index in [1.807, 2.05) is 37.3 Å². The number of phenolic OH excluding ortho intramolecular Hbond substituents is 1. The predicted molar refractivity (Wildman–Crippen MR) is 115 cm³/mol. The number of aromatic hydroxyl groups is 1. The smallest absolute Gasteiger partial charge is 0.185 e. The summed E-state index contributed by atoms with van der Waals surface area (Å²) in [5.41, 5.74) is 3.07. The van der Waals surface area contributed by atoms with Crippen LogP contribution in [0.5, 0.6) is 17.2 Å². The maximum atomic E-state index is 12.3. The first-order valence-corrected chi connectivity index (χ1v) is 9.41. The number of hydrogen-bond acceptors (Lipinski definition) is 4. The molecule has 0 aromatic heterocycles. The molecular formula is C24H21ClO4. The van der Waals surface area contributed by atoms with Gasteiger partial charge in [0.15, 0.2) is 5.78 Å². The van der Waals surface area contributed by atoms with Crippen molar-refractivity contribution in [3.8, 4) is 17.2 Å². The number of allylic oxidation sites excluding steroid dienone is 1. The van der Waals surface area contributed by atoms with Crippen LogP contribution in [-0.4, -0.2) is 18.0 Å². The summed E-state index contributed by atoms with van der Waals surface area (Å²) in [4.78, 5) is 12.3. The van der Waals surface area contributed by atoms with Gasteiger partial charge in [0.1, 0.15) is 23.9 Å². The second-order valence-corrected chi connectivity index (χ2v) is 6.95. The number of benzene rings is 3. The van der Waals surface area contributed by atoms with E-state index in [0.29, 0.717) is 22.9 Å². The van der Waals surface area contributed by atoms with Crippen molar-refractivity contribution in [2.45, 2.75) is 13.5 Å². The Labute approximate surface area is 175 Å². The molecule has 0 atom stereocenters. The zero-order chi connectivity index (χ0) is 20.8. The number of phenols is 1. The number of carbonyl (C=O) groups excluding carboxylic acids is 1. The van der Waals surface area contributed by atoms with Crippen LogP contribution in [-0.2, 0) is 6.61 Å². The SMILES string of the molecule is COc1ccc(/C=C/C(=O)c2cccc(O)c2)cc1COc1ccc(Cl)cc1C. The first-order chi connectivity index (χ1) is 14.0. The summed E-state index contributed by atoms with van der Waals surface area (Å²) in [6.45, 7) is 2.25. The van der Waals surface area contributed by atoms with E-state index in [1.165, 1.54) is 18.2 Å². The van der Waals surface area contributed by atoms with E-state index >= 15 is 0 Å². The van der Waals surface area contributed by atoms with Crippen LogP contribution in [0.4, 0.5) is 0 Å². The van der Waals surface area contributed by atoms with Gasteiger partial charge < -0.3 is 14.6 Å². The van der Waals surface area contributed by atoms with Crippen LogP contribution in [0.3, 0.4) is 0 Å². The number of ketones is 1. The molecule has 4 nitrogen and oxygen atoms in total. The Morgan fingerprint density at radius 1 is 1.07 bits per heavy atom. The van der Waals surface area contributed by atoms with E-state index < -0.39 is 0 Å². The third kappa shape index (κ3) is 5.39. The van der Waals surface area contributed by atoms with E-state index in [-0.39, 0.29) is 11.5 Å². The first kappa shape index (κ1) is 20.5. The van der Waals surface area contributed by atoms with Gasteiger partial charge in [-0.3, -0.25) is 4.79 Å². The Hall–Kier alpha value is -3.24. The standard InChI is InChI=1S/C24H21ClO4/c1-16-12-20(25)8-11-23(16)29-15-19-13-17(7-10-24(19)28-2)6-9-22(27)18-4-3-5-21(26)14-18/h3-14,26H,15H2,1-2H3/b9-6+. The molecule has 0 amide bonds. The van der Waals surface area contributed by atoms with Gasteiger partial charge >= 0.3 is 0 Å². The van der Waals surface area contributed by atoms with Gasteiger partial charge in [-0.25, -0.2) is 0 Å². The van der Waals surface area contributed by atoms with Crippen LogP contribution in [0.1, 0.15) is 27.0 Å². The largest absolute Gasteiger partial charge is 0.508 e. The maximum absolute atomic E-state index is 12.3. The zero-order valence-electron chi connectivity index (χ0n) is 16.2. The molecule has 0 saturated heterocycles. The molecule has 3 aromatic rings. The number of hydrogen-bond donors (Lipinski definition) is 1. The molecule has 0 aliphatic heterocycles. The molecule has 29 heavy (non-hydrogen) atoms. The number of aryl methyl sites for hydroxylation is 1. The van der Waals surface area contributed by atoms with E-state index in [0.717, 1.165) is 22.4 Å². The summed E-state index contributed by atoms with van der Waals surface area (Å²) in [6.07, 6.45) is 3.20. The second-order valence-electron chi connectivity index (χ2n) is 6.52. The van der Waals surface area contributed by atoms with Gasteiger partial charge in [-0.15, -0.1) is 0 Å². The summed E-state index contributed by atoms with van der Waals surface area (Å²) in [7, 11) is 1.60. The van der Waals surface area contributed by atoms with Crippen molar-refractivity contribution in [3.05, 3.63) is 94.0 Å². The van der Waals surface area contributed by atoms with Crippen LogP contribution in [0.15, 0.2) is 66.7 Å². The molecule has 3 rings (SSSR count). The molecule has 1 N–H and O–H groups in total. The molecule has 0 unspecified atom stereocenters. The summed E-state index contributed by atoms with van der Waals surface area (Å²) < 4.78 is 11.4. The fourth-order valence-corrected chi connectivity index (χ4v) is 3.10. The Balaban J connectivity index is 1.76. The van der Waals surface area contributed by atoms with Crippen molar-refractivity contribution in [1.29, 1.82) is 0 Å². The van der Waals surface area contributed by atoms with E-state index in [4.69, 9.17) is 21.1 Å². The normalized spacial score (nSPS) is 10.9. The summed E-state index contributed by atoms with van der Waals surface area (Å²) in [5.74, 6) is 1.32. The average molecular weight is 409 g/mol. The highest BCUT2D eigenvalue weighted by Crippen LogP contribution is 2.26. The average Bonchev–Trinajstić information content (AvgIpc) is 2.71. The van der Waals surface area contributed by atoms with Gasteiger partial charge in [0, 0.05) is 16.1 Å². The summed E-state index contributed by atoms with van der Waals surface area (Å²) in [5, 5.41) is 10.2. The lowest BCUT2D eigenvalue weighted by molar-refractivity contribution is 0.104. The van der Waals surface area contributed by atoms with E-state index in [1.54, 1.807) is 31.4 Å². The van der Waals surface area contributed by atoms with Crippen molar-refractivity contribution >= 4 is 23.5 Å². The lowest BCUT2D eigenvalue weighted by atomic mass is 10.1. The van der Waals surface area contributed by atoms with Crippen LogP contribution >= 0.6 is 11.6 Å². The molecule has 0 heterocycles. The number of ether oxygens (including phenoxy) is 2. The molecule has 0 radical (unpaired) electrons. The monoisotopic (exact) mass is 408 g/mol. The van der Waals surface area contributed by atoms with Gasteiger partial charge in [0.25, 0.3) is 0 Å². The number of carbonyl (C=O) groups is 1. The van der Waals surface area contributed by atoms with Gasteiger partial charge in [0.2, 0.25) is 0 Å². The Kier molecular flexibility index (Phi) is 6.57. The van der Waals surface area contributed by atoms with Crippen molar-refractivity contribution in [2.24, 2.45) is 0 Å². The zero-order valence-corrected chi connectivity index (χ0v) is 16.9. The Morgan fingerprint density at radius 3 is 2.59 bits per heavy atom. The highest BCUT2D eigenvalue weighted by atomic mass is 35.5. The summed E-state index contributed by atoms with van der Waals surface area (Å²) in [6, 6.07) is 17.3. The molecule has 148 valence electrons. The molecule has 0 bridgehead atoms. The highest BCUT2D eigenvalue weighted by molar-refractivity contribution is 6.30. The Bertz CT molecular complexity index is 1060. The molecule has 0 aliphatic carbocycles. The lowest BCUT2D eigenvalue weighted by Crippen LogP contribution is -2.00. The topological polar surface area (TPSA) is 55.8 Å². The van der Waals surface area contributed by atoms with Crippen LogP contribution in [0.25, 0.3) is 6.08 Å². The minimum atomic E-state index is -0.189. The number of methoxy groups -OCH3 is 1. The van der Waals surface area contributed by atoms with Gasteiger partial charge in [-0.1, -0.05) is 35.9 Å². The van der Waals surface area contributed by atoms with Crippen LogP contribution < -0.4 is 9.47 Å². The summed E-state index contributed by atoms with van der Waals surface area (Å²) >= 11 is 5.99. The van der Waals surface area contributed by atoms with Gasteiger partial charge in [-0.2, -0.15) is 0 Å². The van der Waals surface area contributed by atoms with Crippen LogP contribution in [0, 0.1) is 6.92 Å². The second kappa shape index (κ2) is 9.30. The number of halogens is 1. The molecule has 0 saturated carbocycles. The van der Waals surface area contributed by atoms with Crippen molar-refractivity contribution in [1.82, 2.24) is 0 Å². The minimum Gasteiger partial charge on any atom is -0.508 e. The fraction of sp³-hybridized carbons (Fsp3) is 0.125. The quantitative estimate of drug-likeness (QED) is 0.394. The molecule has 0 spiro atoms. The van der Waals surface area contributed by atoms with E-state index in [2.05, 4.69) is 0 Å². The van der Waals surface area contributed by atoms with E-state index in [9.17, 15) is 9.90 Å². The van der Waals surface area contributed by atoms with Gasteiger partial charge in [0.05, 0.1) is 7.11 Å². The molecule has 0 aliphatic rings. The molecule has 3 aromatic carbocycles. The Morgan fingerprint density at radius 2 is 1.86 bits per heavy atom. The third-order valence-electron chi connectivity index (χ3n) is 4.38. The lowest BCUT2D eigenvalue weighted by Gasteiger charge is -2.13. The molecule has 5 heteroatoms. The van der Waals surface area contributed by atoms with Crippen molar-refractivity contribution in [2.75, 3.05) is 7.11 Å². The van der Waals surface area contributed by atoms with Crippen molar-refractivity contribution in [3.63, 3.8) is 0 Å². The first-order valence-electron chi connectivity index (χ1n) is 9.03. The minimum absolute atomic E-state index is 0.0608. The number of rotatable bonds is 7.